The second kappa shape index (κ2) is 11.5. The van der Waals surface area contributed by atoms with Crippen LogP contribution in [-0.2, 0) is 0 Å². The highest BCUT2D eigenvalue weighted by atomic mass is 15.0. The first kappa shape index (κ1) is 28.4. The van der Waals surface area contributed by atoms with E-state index in [4.69, 9.17) is 0 Å². The Kier molecular flexibility index (Phi) is 6.53. The average molecular weight is 637 g/mol. The Hall–Kier alpha value is -6.64. The molecule has 0 fully saturated rings. The fraction of sp³-hybridized carbons (Fsp3) is 0. The van der Waals surface area contributed by atoms with Crippen LogP contribution in [0.2, 0.25) is 0 Å². The van der Waals surface area contributed by atoms with Crippen molar-refractivity contribution < 1.29 is 0 Å². The molecule has 234 valence electrons. The Morgan fingerprint density at radius 2 is 0.760 bits per heavy atom. The predicted molar refractivity (Wildman–Crippen MR) is 211 cm³/mol. The number of fused-ring (bicyclic) bond motifs is 6. The molecule has 2 heterocycles. The molecule has 0 saturated carbocycles. The van der Waals surface area contributed by atoms with Gasteiger partial charge in [-0.3, -0.25) is 0 Å². The fourth-order valence-corrected chi connectivity index (χ4v) is 7.84. The summed E-state index contributed by atoms with van der Waals surface area (Å²) in [6.45, 7) is 0. The lowest BCUT2D eigenvalue weighted by Crippen LogP contribution is -1.97. The standard InChI is InChI=1S/C48H32N2/c1-3-13-33(14-4-1)35-25-27-38(28-26-35)49-44-22-9-7-19-41(44)42-30-29-39(32-47(42)49)50-45-23-10-8-20-43(45)48-40(21-12-24-46(48)50)37-18-11-17-36(31-37)34-15-5-2-6-16-34/h1-32H. The number of para-hydroxylation sites is 2. The zero-order valence-corrected chi connectivity index (χ0v) is 27.4. The normalized spacial score (nSPS) is 11.6. The maximum absolute atomic E-state index is 2.44. The molecule has 0 aliphatic heterocycles. The van der Waals surface area contributed by atoms with E-state index in [0.29, 0.717) is 0 Å². The highest BCUT2D eigenvalue weighted by molar-refractivity contribution is 6.16. The van der Waals surface area contributed by atoms with E-state index in [1.807, 2.05) is 0 Å². The molecule has 0 N–H and O–H groups in total. The highest BCUT2D eigenvalue weighted by Crippen LogP contribution is 2.41. The van der Waals surface area contributed by atoms with Crippen LogP contribution in [0.25, 0.3) is 88.4 Å². The van der Waals surface area contributed by atoms with Gasteiger partial charge in [0.05, 0.1) is 22.1 Å². The number of benzene rings is 8. The van der Waals surface area contributed by atoms with Crippen LogP contribution in [0, 0.1) is 0 Å². The average Bonchev–Trinajstić information content (AvgIpc) is 3.71. The van der Waals surface area contributed by atoms with Crippen molar-refractivity contribution >= 4 is 43.6 Å². The molecule has 0 unspecified atom stereocenters. The third kappa shape index (κ3) is 4.50. The summed E-state index contributed by atoms with van der Waals surface area (Å²) in [5.74, 6) is 0. The van der Waals surface area contributed by atoms with Crippen molar-refractivity contribution in [1.29, 1.82) is 0 Å². The van der Waals surface area contributed by atoms with E-state index in [9.17, 15) is 0 Å². The molecule has 0 spiro atoms. The summed E-state index contributed by atoms with van der Waals surface area (Å²) < 4.78 is 4.85. The van der Waals surface area contributed by atoms with E-state index in [1.165, 1.54) is 77.0 Å². The summed E-state index contributed by atoms with van der Waals surface area (Å²) in [6, 6.07) is 70.4. The lowest BCUT2D eigenvalue weighted by Gasteiger charge is -2.12. The quantitative estimate of drug-likeness (QED) is 0.178. The van der Waals surface area contributed by atoms with Gasteiger partial charge in [-0.2, -0.15) is 0 Å². The van der Waals surface area contributed by atoms with Crippen LogP contribution in [0.15, 0.2) is 194 Å². The van der Waals surface area contributed by atoms with Crippen LogP contribution in [0.1, 0.15) is 0 Å². The van der Waals surface area contributed by atoms with Gasteiger partial charge in [-0.05, 0) is 81.9 Å². The molecule has 0 aliphatic carbocycles. The number of nitrogens with zero attached hydrogens (tertiary/aromatic N) is 2. The van der Waals surface area contributed by atoms with Crippen molar-refractivity contribution in [3.63, 3.8) is 0 Å². The lowest BCUT2D eigenvalue weighted by atomic mass is 9.96. The van der Waals surface area contributed by atoms with E-state index in [-0.39, 0.29) is 0 Å². The van der Waals surface area contributed by atoms with E-state index < -0.39 is 0 Å². The summed E-state index contributed by atoms with van der Waals surface area (Å²) in [5, 5.41) is 5.02. The van der Waals surface area contributed by atoms with Gasteiger partial charge in [0, 0.05) is 32.9 Å². The summed E-state index contributed by atoms with van der Waals surface area (Å²) in [7, 11) is 0. The van der Waals surface area contributed by atoms with Crippen LogP contribution < -0.4 is 0 Å². The first-order chi connectivity index (χ1) is 24.8. The van der Waals surface area contributed by atoms with Gasteiger partial charge in [0.15, 0.2) is 0 Å². The van der Waals surface area contributed by atoms with Crippen LogP contribution >= 0.6 is 0 Å². The Morgan fingerprint density at radius 3 is 1.52 bits per heavy atom. The van der Waals surface area contributed by atoms with E-state index in [1.54, 1.807) is 0 Å². The molecule has 2 aromatic heterocycles. The van der Waals surface area contributed by atoms with Gasteiger partial charge in [-0.15, -0.1) is 0 Å². The molecule has 8 aromatic carbocycles. The van der Waals surface area contributed by atoms with Crippen LogP contribution in [0.3, 0.4) is 0 Å². The Balaban J connectivity index is 1.18. The summed E-state index contributed by atoms with van der Waals surface area (Å²) >= 11 is 0. The minimum atomic E-state index is 1.14. The van der Waals surface area contributed by atoms with Gasteiger partial charge < -0.3 is 9.13 Å². The molecule has 0 atom stereocenters. The van der Waals surface area contributed by atoms with E-state index in [0.717, 1.165) is 11.4 Å². The monoisotopic (exact) mass is 636 g/mol. The van der Waals surface area contributed by atoms with Gasteiger partial charge in [0.25, 0.3) is 0 Å². The number of hydrogen-bond donors (Lipinski definition) is 0. The molecule has 0 saturated heterocycles. The molecule has 10 rings (SSSR count). The minimum Gasteiger partial charge on any atom is -0.309 e. The molecule has 2 heteroatoms. The maximum atomic E-state index is 2.44. The third-order valence-electron chi connectivity index (χ3n) is 10.1. The second-order valence-corrected chi connectivity index (χ2v) is 13.0. The molecular formula is C48H32N2. The SMILES string of the molecule is c1ccc(-c2ccc(-n3c4ccccc4c4ccc(-n5c6ccccc6c6c(-c7cccc(-c8ccccc8)c7)cccc65)cc43)cc2)cc1. The van der Waals surface area contributed by atoms with Gasteiger partial charge in [0.1, 0.15) is 0 Å². The third-order valence-corrected chi connectivity index (χ3v) is 10.1. The predicted octanol–water partition coefficient (Wildman–Crippen LogP) is 12.9. The smallest absolute Gasteiger partial charge is 0.0561 e. The zero-order chi connectivity index (χ0) is 33.0. The van der Waals surface area contributed by atoms with Crippen molar-refractivity contribution in [3.8, 4) is 44.8 Å². The molecule has 0 bridgehead atoms. The van der Waals surface area contributed by atoms with Crippen LogP contribution in [-0.4, -0.2) is 9.13 Å². The Labute approximate surface area is 290 Å². The van der Waals surface area contributed by atoms with E-state index >= 15 is 0 Å². The van der Waals surface area contributed by atoms with Crippen molar-refractivity contribution in [2.45, 2.75) is 0 Å². The van der Waals surface area contributed by atoms with Gasteiger partial charge in [-0.25, -0.2) is 0 Å². The largest absolute Gasteiger partial charge is 0.309 e. The van der Waals surface area contributed by atoms with Gasteiger partial charge in [-0.1, -0.05) is 146 Å². The molecule has 10 aromatic rings. The highest BCUT2D eigenvalue weighted by Gasteiger charge is 2.18. The Morgan fingerprint density at radius 1 is 0.260 bits per heavy atom. The first-order valence-electron chi connectivity index (χ1n) is 17.2. The number of aromatic nitrogens is 2. The summed E-state index contributed by atoms with van der Waals surface area (Å²) in [6.07, 6.45) is 0. The minimum absolute atomic E-state index is 1.14. The van der Waals surface area contributed by atoms with Crippen molar-refractivity contribution in [2.24, 2.45) is 0 Å². The topological polar surface area (TPSA) is 9.86 Å². The fourth-order valence-electron chi connectivity index (χ4n) is 7.84. The van der Waals surface area contributed by atoms with Gasteiger partial charge in [0.2, 0.25) is 0 Å². The van der Waals surface area contributed by atoms with Crippen molar-refractivity contribution in [2.75, 3.05) is 0 Å². The molecule has 0 amide bonds. The van der Waals surface area contributed by atoms with Gasteiger partial charge >= 0.3 is 0 Å². The lowest BCUT2D eigenvalue weighted by molar-refractivity contribution is 1.15. The summed E-state index contributed by atoms with van der Waals surface area (Å²) in [4.78, 5) is 0. The van der Waals surface area contributed by atoms with Crippen LogP contribution in [0.4, 0.5) is 0 Å². The molecule has 0 radical (unpaired) electrons. The van der Waals surface area contributed by atoms with E-state index in [2.05, 4.69) is 203 Å². The van der Waals surface area contributed by atoms with Crippen LogP contribution in [0.5, 0.6) is 0 Å². The molecule has 0 aliphatic rings. The first-order valence-corrected chi connectivity index (χ1v) is 17.2. The van der Waals surface area contributed by atoms with Crippen molar-refractivity contribution in [1.82, 2.24) is 9.13 Å². The van der Waals surface area contributed by atoms with Crippen molar-refractivity contribution in [3.05, 3.63) is 194 Å². The number of hydrogen-bond acceptors (Lipinski definition) is 0. The maximum Gasteiger partial charge on any atom is 0.0561 e. The zero-order valence-electron chi connectivity index (χ0n) is 27.4. The molecule has 50 heavy (non-hydrogen) atoms. The molecule has 2 nitrogen and oxygen atoms in total. The Bertz CT molecular complexity index is 2840. The number of rotatable bonds is 5. The molecular weight excluding hydrogens is 605 g/mol. The summed E-state index contributed by atoms with van der Waals surface area (Å²) in [5.41, 5.74) is 14.4. The second-order valence-electron chi connectivity index (χ2n) is 13.0.